The van der Waals surface area contributed by atoms with Crippen LogP contribution in [0, 0.1) is 6.92 Å². The number of carboxylic acid groups (broad SMARTS) is 1. The van der Waals surface area contributed by atoms with E-state index in [-0.39, 0.29) is 5.56 Å². The van der Waals surface area contributed by atoms with E-state index < -0.39 is 5.97 Å². The highest BCUT2D eigenvalue weighted by molar-refractivity contribution is 7.13. The third kappa shape index (κ3) is 2.40. The van der Waals surface area contributed by atoms with Crippen LogP contribution in [0.4, 0.5) is 6.01 Å². The Balaban J connectivity index is 1.69. The molecule has 0 spiro atoms. The van der Waals surface area contributed by atoms with E-state index in [2.05, 4.69) is 20.2 Å². The van der Waals surface area contributed by atoms with E-state index in [9.17, 15) is 9.90 Å². The summed E-state index contributed by atoms with van der Waals surface area (Å²) in [5, 5.41) is 16.0. The van der Waals surface area contributed by atoms with Crippen LogP contribution in [0.1, 0.15) is 28.8 Å². The van der Waals surface area contributed by atoms with E-state index >= 15 is 0 Å². The molecule has 26 heavy (non-hydrogen) atoms. The molecule has 5 rings (SSSR count). The van der Waals surface area contributed by atoms with E-state index in [4.69, 9.17) is 4.42 Å². The van der Waals surface area contributed by atoms with Crippen LogP contribution in [-0.4, -0.2) is 46.2 Å². The van der Waals surface area contributed by atoms with Crippen LogP contribution in [0.25, 0.3) is 21.7 Å². The van der Waals surface area contributed by atoms with Gasteiger partial charge in [-0.1, -0.05) is 0 Å². The van der Waals surface area contributed by atoms with Crippen molar-refractivity contribution in [2.45, 2.75) is 31.8 Å². The molecule has 3 aromatic rings. The lowest BCUT2D eigenvalue weighted by Gasteiger charge is -2.31. The van der Waals surface area contributed by atoms with Crippen LogP contribution in [0.2, 0.25) is 0 Å². The van der Waals surface area contributed by atoms with Crippen molar-refractivity contribution < 1.29 is 14.3 Å². The first-order valence-corrected chi connectivity index (χ1v) is 9.56. The molecule has 2 atom stereocenters. The van der Waals surface area contributed by atoms with Crippen LogP contribution >= 0.6 is 11.3 Å². The molecule has 2 aromatic heterocycles. The third-order valence-corrected chi connectivity index (χ3v) is 6.02. The Bertz CT molecular complexity index is 986. The number of oxazole rings is 1. The standard InChI is InChI=1S/C18H18N4O3S/c1-9-6-12(16-19-4-5-26-16)15-14(13(9)17(23)24)21-18(25-15)22-7-10-2-3-11(8-22)20-10/h4-6,10-11,20H,2-3,7-8H2,1H3,(H,23,24). The van der Waals surface area contributed by atoms with Crippen molar-refractivity contribution in [2.24, 2.45) is 0 Å². The van der Waals surface area contributed by atoms with Gasteiger partial charge in [-0.25, -0.2) is 9.78 Å². The molecule has 0 aliphatic carbocycles. The maximum atomic E-state index is 11.8. The van der Waals surface area contributed by atoms with Gasteiger partial charge in [-0.3, -0.25) is 0 Å². The lowest BCUT2D eigenvalue weighted by molar-refractivity contribution is 0.0698. The maximum Gasteiger partial charge on any atom is 0.338 e. The number of hydrogen-bond acceptors (Lipinski definition) is 7. The number of benzene rings is 1. The summed E-state index contributed by atoms with van der Waals surface area (Å²) in [6.45, 7) is 3.45. The fourth-order valence-corrected chi connectivity index (χ4v) is 4.73. The molecule has 2 bridgehead atoms. The second-order valence-electron chi connectivity index (χ2n) is 6.98. The molecule has 134 valence electrons. The van der Waals surface area contributed by atoms with E-state index in [0.29, 0.717) is 34.8 Å². The number of anilines is 1. The van der Waals surface area contributed by atoms with Gasteiger partial charge in [0.15, 0.2) is 5.58 Å². The lowest BCUT2D eigenvalue weighted by Crippen LogP contribution is -2.51. The van der Waals surface area contributed by atoms with Crippen molar-refractivity contribution in [3.63, 3.8) is 0 Å². The molecule has 0 saturated carbocycles. The summed E-state index contributed by atoms with van der Waals surface area (Å²) < 4.78 is 6.12. The van der Waals surface area contributed by atoms with E-state index in [0.717, 1.165) is 36.5 Å². The number of fused-ring (bicyclic) bond motifs is 3. The predicted octanol–water partition coefficient (Wildman–Crippen LogP) is 2.90. The zero-order valence-corrected chi connectivity index (χ0v) is 15.0. The van der Waals surface area contributed by atoms with Crippen molar-refractivity contribution in [1.82, 2.24) is 15.3 Å². The molecule has 1 aromatic carbocycles. The Morgan fingerprint density at radius 2 is 2.15 bits per heavy atom. The van der Waals surface area contributed by atoms with Crippen LogP contribution in [0.5, 0.6) is 0 Å². The second kappa shape index (κ2) is 5.78. The van der Waals surface area contributed by atoms with Gasteiger partial charge in [-0.15, -0.1) is 11.3 Å². The number of aryl methyl sites for hydroxylation is 1. The minimum atomic E-state index is -0.988. The Hall–Kier alpha value is -2.45. The highest BCUT2D eigenvalue weighted by atomic mass is 32.1. The number of nitrogens with zero attached hydrogens (tertiary/aromatic N) is 3. The SMILES string of the molecule is Cc1cc(-c2nccs2)c2oc(N3CC4CCC(C3)N4)nc2c1C(=O)O. The summed E-state index contributed by atoms with van der Waals surface area (Å²) in [6, 6.07) is 3.23. The topological polar surface area (TPSA) is 91.5 Å². The fraction of sp³-hybridized carbons (Fsp3) is 0.389. The van der Waals surface area contributed by atoms with Gasteiger partial charge < -0.3 is 19.7 Å². The molecule has 2 N–H and O–H groups in total. The van der Waals surface area contributed by atoms with Gasteiger partial charge in [0.1, 0.15) is 10.5 Å². The van der Waals surface area contributed by atoms with Gasteiger partial charge in [0.25, 0.3) is 6.01 Å². The summed E-state index contributed by atoms with van der Waals surface area (Å²) in [5.74, 6) is -0.988. The summed E-state index contributed by atoms with van der Waals surface area (Å²) >= 11 is 1.50. The highest BCUT2D eigenvalue weighted by Gasteiger charge is 2.34. The quantitative estimate of drug-likeness (QED) is 0.732. The molecule has 8 heteroatoms. The van der Waals surface area contributed by atoms with Crippen LogP contribution in [0.15, 0.2) is 22.1 Å². The molecule has 7 nitrogen and oxygen atoms in total. The first-order chi connectivity index (χ1) is 12.6. The molecular weight excluding hydrogens is 352 g/mol. The smallest absolute Gasteiger partial charge is 0.338 e. The zero-order chi connectivity index (χ0) is 17.8. The van der Waals surface area contributed by atoms with Gasteiger partial charge >= 0.3 is 5.97 Å². The molecule has 2 unspecified atom stereocenters. The van der Waals surface area contributed by atoms with E-state index in [1.807, 2.05) is 11.4 Å². The maximum absolute atomic E-state index is 11.8. The van der Waals surface area contributed by atoms with Crippen molar-refractivity contribution in [1.29, 1.82) is 0 Å². The number of rotatable bonds is 3. The van der Waals surface area contributed by atoms with Gasteiger partial charge in [-0.2, -0.15) is 4.98 Å². The fourth-order valence-electron chi connectivity index (χ4n) is 4.08. The summed E-state index contributed by atoms with van der Waals surface area (Å²) in [4.78, 5) is 22.9. The zero-order valence-electron chi connectivity index (χ0n) is 14.2. The molecule has 2 saturated heterocycles. The average Bonchev–Trinajstić information content (AvgIpc) is 3.33. The predicted molar refractivity (Wildman–Crippen MR) is 99.0 cm³/mol. The first-order valence-electron chi connectivity index (χ1n) is 8.68. The van der Waals surface area contributed by atoms with E-state index in [1.165, 1.54) is 11.3 Å². The third-order valence-electron chi connectivity index (χ3n) is 5.22. The normalized spacial score (nSPS) is 22.3. The number of aromatic nitrogens is 2. The number of hydrogen-bond donors (Lipinski definition) is 2. The van der Waals surface area contributed by atoms with Gasteiger partial charge in [-0.05, 0) is 31.4 Å². The van der Waals surface area contributed by atoms with Crippen LogP contribution in [-0.2, 0) is 0 Å². The number of carboxylic acids is 1. The molecule has 2 aliphatic heterocycles. The molecule has 2 fully saturated rings. The number of aromatic carboxylic acids is 1. The Morgan fingerprint density at radius 1 is 1.38 bits per heavy atom. The average molecular weight is 370 g/mol. The van der Waals surface area contributed by atoms with Crippen LogP contribution < -0.4 is 10.2 Å². The minimum absolute atomic E-state index is 0.202. The number of nitrogens with one attached hydrogen (secondary N) is 1. The van der Waals surface area contributed by atoms with Crippen molar-refractivity contribution in [3.05, 3.63) is 28.8 Å². The molecule has 0 amide bonds. The largest absolute Gasteiger partial charge is 0.478 e. The molecule has 4 heterocycles. The molecule has 0 radical (unpaired) electrons. The van der Waals surface area contributed by atoms with Gasteiger partial charge in [0.05, 0.1) is 11.1 Å². The Morgan fingerprint density at radius 3 is 2.81 bits per heavy atom. The van der Waals surface area contributed by atoms with Gasteiger partial charge in [0.2, 0.25) is 0 Å². The van der Waals surface area contributed by atoms with Crippen LogP contribution in [0.3, 0.4) is 0 Å². The minimum Gasteiger partial charge on any atom is -0.478 e. The number of piperazine rings is 1. The number of thiazole rings is 1. The first kappa shape index (κ1) is 15.8. The molecule has 2 aliphatic rings. The summed E-state index contributed by atoms with van der Waals surface area (Å²) in [7, 11) is 0. The lowest BCUT2D eigenvalue weighted by atomic mass is 10.0. The summed E-state index contributed by atoms with van der Waals surface area (Å²) in [5.41, 5.74) is 2.57. The van der Waals surface area contributed by atoms with Gasteiger partial charge in [0, 0.05) is 36.8 Å². The highest BCUT2D eigenvalue weighted by Crippen LogP contribution is 2.37. The number of carbonyl (C=O) groups is 1. The van der Waals surface area contributed by atoms with Crippen molar-refractivity contribution in [2.75, 3.05) is 18.0 Å². The monoisotopic (exact) mass is 370 g/mol. The molecular formula is C18H18N4O3S. The van der Waals surface area contributed by atoms with Crippen molar-refractivity contribution >= 4 is 34.4 Å². The second-order valence-corrected chi connectivity index (χ2v) is 7.87. The Kier molecular flexibility index (Phi) is 3.51. The Labute approximate surface area is 153 Å². The van der Waals surface area contributed by atoms with E-state index in [1.54, 1.807) is 13.1 Å². The summed E-state index contributed by atoms with van der Waals surface area (Å²) in [6.07, 6.45) is 4.05. The van der Waals surface area contributed by atoms with Crippen molar-refractivity contribution in [3.8, 4) is 10.6 Å².